The Morgan fingerprint density at radius 1 is 1.16 bits per heavy atom. The van der Waals surface area contributed by atoms with Crippen LogP contribution in [0.2, 0.25) is 0 Å². The molecule has 134 valence electrons. The van der Waals surface area contributed by atoms with Crippen LogP contribution in [0.5, 0.6) is 0 Å². The van der Waals surface area contributed by atoms with Crippen LogP contribution >= 0.6 is 0 Å². The first-order valence-corrected chi connectivity index (χ1v) is 8.29. The van der Waals surface area contributed by atoms with Crippen molar-refractivity contribution in [1.82, 2.24) is 10.4 Å². The number of halogens is 1. The fourth-order valence-electron chi connectivity index (χ4n) is 3.36. The maximum Gasteiger partial charge on any atom is 0.258 e. The summed E-state index contributed by atoms with van der Waals surface area (Å²) in [5.41, 5.74) is 5.83. The number of nitrogens with one attached hydrogen (secondary N) is 1. The Kier molecular flexibility index (Phi) is 5.10. The minimum atomic E-state index is -0.854. The van der Waals surface area contributed by atoms with Gasteiger partial charge in [-0.2, -0.15) is 5.06 Å². The highest BCUT2D eigenvalue weighted by Gasteiger charge is 2.55. The van der Waals surface area contributed by atoms with E-state index in [9.17, 15) is 18.8 Å². The third-order valence-corrected chi connectivity index (χ3v) is 4.55. The van der Waals surface area contributed by atoms with E-state index in [0.717, 1.165) is 18.4 Å². The maximum atomic E-state index is 13.2. The number of hydrogen-bond donors (Lipinski definition) is 2. The van der Waals surface area contributed by atoms with Gasteiger partial charge in [0.25, 0.3) is 5.91 Å². The van der Waals surface area contributed by atoms with Crippen molar-refractivity contribution < 1.29 is 23.6 Å². The van der Waals surface area contributed by atoms with Gasteiger partial charge < -0.3 is 5.73 Å². The third kappa shape index (κ3) is 3.69. The van der Waals surface area contributed by atoms with Crippen molar-refractivity contribution in [3.8, 4) is 0 Å². The molecule has 0 radical (unpaired) electrons. The average molecular weight is 349 g/mol. The predicted octanol–water partition coefficient (Wildman–Crippen LogP) is 0.801. The summed E-state index contributed by atoms with van der Waals surface area (Å²) in [5.74, 6) is -2.18. The number of carbonyl (C=O) groups is 3. The molecule has 3 amide bonds. The summed E-state index contributed by atoms with van der Waals surface area (Å²) in [6.45, 7) is 0.494. The lowest BCUT2D eigenvalue weighted by atomic mass is 9.91. The molecule has 3 N–H and O–H groups in total. The topological polar surface area (TPSA) is 102 Å². The quantitative estimate of drug-likeness (QED) is 0.560. The molecule has 2 heterocycles. The predicted molar refractivity (Wildman–Crippen MR) is 85.0 cm³/mol. The summed E-state index contributed by atoms with van der Waals surface area (Å²) < 4.78 is 13.2. The molecular weight excluding hydrogens is 329 g/mol. The number of fused-ring (bicyclic) bond motifs is 1. The molecule has 0 bridgehead atoms. The van der Waals surface area contributed by atoms with Gasteiger partial charge >= 0.3 is 0 Å². The lowest BCUT2D eigenvalue weighted by molar-refractivity contribution is -0.174. The largest absolute Gasteiger partial charge is 0.370 e. The van der Waals surface area contributed by atoms with Crippen LogP contribution in [0.3, 0.4) is 0 Å². The molecule has 0 aromatic heterocycles. The van der Waals surface area contributed by atoms with Crippen LogP contribution in [0.1, 0.15) is 37.3 Å². The summed E-state index contributed by atoms with van der Waals surface area (Å²) in [7, 11) is 0. The minimum absolute atomic E-state index is 0.328. The highest BCUT2D eigenvalue weighted by Crippen LogP contribution is 2.42. The first-order chi connectivity index (χ1) is 12.0. The van der Waals surface area contributed by atoms with Gasteiger partial charge in [-0.25, -0.2) is 4.39 Å². The van der Waals surface area contributed by atoms with E-state index in [1.54, 1.807) is 17.2 Å². The molecule has 2 aliphatic heterocycles. The van der Waals surface area contributed by atoms with Gasteiger partial charge in [0.1, 0.15) is 5.82 Å². The maximum absolute atomic E-state index is 13.2. The van der Waals surface area contributed by atoms with Crippen LogP contribution in [-0.4, -0.2) is 35.4 Å². The Bertz CT molecular complexity index is 679. The van der Waals surface area contributed by atoms with Crippen LogP contribution in [0.25, 0.3) is 0 Å². The highest BCUT2D eigenvalue weighted by atomic mass is 19.1. The van der Waals surface area contributed by atoms with Gasteiger partial charge in [-0.1, -0.05) is 18.6 Å². The Morgan fingerprint density at radius 3 is 2.56 bits per heavy atom. The monoisotopic (exact) mass is 349 g/mol. The number of imide groups is 1. The number of carbonyl (C=O) groups excluding carboxylic acids is 3. The molecule has 7 nitrogen and oxygen atoms in total. The van der Waals surface area contributed by atoms with Crippen molar-refractivity contribution in [2.24, 2.45) is 11.7 Å². The Hall–Kier alpha value is -2.32. The van der Waals surface area contributed by atoms with E-state index < -0.39 is 24.0 Å². The summed E-state index contributed by atoms with van der Waals surface area (Å²) in [5, 5.41) is 3.91. The highest BCUT2D eigenvalue weighted by molar-refractivity contribution is 6.07. The SMILES string of the molecule is NC(=O)CCCCCN1OC2C(=O)NC(=O)C2C1c1ccc(F)cc1. The zero-order valence-corrected chi connectivity index (χ0v) is 13.6. The van der Waals surface area contributed by atoms with Gasteiger partial charge in [0.05, 0.1) is 12.0 Å². The lowest BCUT2D eigenvalue weighted by Gasteiger charge is -2.25. The van der Waals surface area contributed by atoms with Gasteiger partial charge in [-0.3, -0.25) is 24.5 Å². The first kappa shape index (κ1) is 17.5. The average Bonchev–Trinajstić information content (AvgIpc) is 3.06. The Labute approximate surface area is 144 Å². The number of rotatable bonds is 7. The van der Waals surface area contributed by atoms with E-state index in [0.29, 0.717) is 19.4 Å². The summed E-state index contributed by atoms with van der Waals surface area (Å²) in [6, 6.07) is 5.39. The second-order valence-electron chi connectivity index (χ2n) is 6.32. The van der Waals surface area contributed by atoms with Crippen LogP contribution in [0.15, 0.2) is 24.3 Å². The zero-order chi connectivity index (χ0) is 18.0. The van der Waals surface area contributed by atoms with Crippen molar-refractivity contribution in [2.45, 2.75) is 37.8 Å². The van der Waals surface area contributed by atoms with Crippen LogP contribution < -0.4 is 11.1 Å². The molecule has 2 fully saturated rings. The summed E-state index contributed by atoms with van der Waals surface area (Å²) >= 11 is 0. The third-order valence-electron chi connectivity index (χ3n) is 4.55. The molecule has 3 rings (SSSR count). The van der Waals surface area contributed by atoms with Crippen molar-refractivity contribution in [3.05, 3.63) is 35.6 Å². The zero-order valence-electron chi connectivity index (χ0n) is 13.6. The molecule has 2 aliphatic rings. The fraction of sp³-hybridized carbons (Fsp3) is 0.471. The van der Waals surface area contributed by atoms with Gasteiger partial charge in [0, 0.05) is 13.0 Å². The molecule has 0 spiro atoms. The van der Waals surface area contributed by atoms with Crippen molar-refractivity contribution in [3.63, 3.8) is 0 Å². The van der Waals surface area contributed by atoms with Gasteiger partial charge in [-0.05, 0) is 30.5 Å². The summed E-state index contributed by atoms with van der Waals surface area (Å²) in [4.78, 5) is 40.5. The van der Waals surface area contributed by atoms with Crippen molar-refractivity contribution >= 4 is 17.7 Å². The Balaban J connectivity index is 1.71. The first-order valence-electron chi connectivity index (χ1n) is 8.29. The molecule has 2 saturated heterocycles. The molecule has 1 aromatic rings. The van der Waals surface area contributed by atoms with E-state index in [1.165, 1.54) is 12.1 Å². The standard InChI is InChI=1S/C17H20FN3O4/c18-11-7-5-10(6-8-11)14-13-15(17(24)20-16(13)23)25-21(14)9-3-1-2-4-12(19)22/h5-8,13-15H,1-4,9H2,(H2,19,22)(H,20,23,24). The number of hydrogen-bond acceptors (Lipinski definition) is 5. The molecular formula is C17H20FN3O4. The molecule has 3 unspecified atom stereocenters. The fourth-order valence-corrected chi connectivity index (χ4v) is 3.36. The van der Waals surface area contributed by atoms with E-state index >= 15 is 0 Å². The molecule has 0 saturated carbocycles. The van der Waals surface area contributed by atoms with Crippen LogP contribution in [0.4, 0.5) is 4.39 Å². The second kappa shape index (κ2) is 7.28. The second-order valence-corrected chi connectivity index (χ2v) is 6.32. The lowest BCUT2D eigenvalue weighted by Crippen LogP contribution is -2.33. The molecule has 0 aliphatic carbocycles. The number of hydroxylamine groups is 2. The van der Waals surface area contributed by atoms with Gasteiger partial charge in [0.2, 0.25) is 11.8 Å². The molecule has 25 heavy (non-hydrogen) atoms. The summed E-state index contributed by atoms with van der Waals surface area (Å²) in [6.07, 6.45) is 1.65. The Morgan fingerprint density at radius 2 is 1.88 bits per heavy atom. The van der Waals surface area contributed by atoms with Gasteiger partial charge in [-0.15, -0.1) is 0 Å². The number of primary amides is 1. The normalized spacial score (nSPS) is 25.9. The van der Waals surface area contributed by atoms with Gasteiger partial charge in [0.15, 0.2) is 6.10 Å². The van der Waals surface area contributed by atoms with Crippen LogP contribution in [-0.2, 0) is 19.2 Å². The number of nitrogens with two attached hydrogens (primary N) is 1. The van der Waals surface area contributed by atoms with E-state index in [1.807, 2.05) is 0 Å². The van der Waals surface area contributed by atoms with E-state index in [2.05, 4.69) is 5.32 Å². The number of nitrogens with zero attached hydrogens (tertiary/aromatic N) is 1. The minimum Gasteiger partial charge on any atom is -0.370 e. The number of benzene rings is 1. The molecule has 8 heteroatoms. The van der Waals surface area contributed by atoms with E-state index in [-0.39, 0.29) is 17.6 Å². The van der Waals surface area contributed by atoms with Crippen molar-refractivity contribution in [2.75, 3.05) is 6.54 Å². The van der Waals surface area contributed by atoms with Crippen LogP contribution in [0, 0.1) is 11.7 Å². The molecule has 3 atom stereocenters. The van der Waals surface area contributed by atoms with Crippen molar-refractivity contribution in [1.29, 1.82) is 0 Å². The van der Waals surface area contributed by atoms with E-state index in [4.69, 9.17) is 10.6 Å². The smallest absolute Gasteiger partial charge is 0.258 e. The number of amides is 3. The molecule has 1 aromatic carbocycles. The number of unbranched alkanes of at least 4 members (excludes halogenated alkanes) is 2.